The largest absolute Gasteiger partial charge is 0.481 e. The van der Waals surface area contributed by atoms with Gasteiger partial charge in [0.1, 0.15) is 5.82 Å². The summed E-state index contributed by atoms with van der Waals surface area (Å²) in [6, 6.07) is 0. The number of nitrogens with zero attached hydrogens (tertiary/aromatic N) is 4. The van der Waals surface area contributed by atoms with E-state index in [4.69, 9.17) is 0 Å². The van der Waals surface area contributed by atoms with Gasteiger partial charge in [-0.05, 0) is 30.2 Å². The third kappa shape index (κ3) is 1.91. The number of carbonyl (C=O) groups is 1. The van der Waals surface area contributed by atoms with Crippen molar-refractivity contribution in [1.29, 1.82) is 0 Å². The molecule has 0 aliphatic heterocycles. The van der Waals surface area contributed by atoms with Crippen LogP contribution in [0.5, 0.6) is 0 Å². The monoisotopic (exact) mass is 224 g/mol. The minimum Gasteiger partial charge on any atom is -0.481 e. The van der Waals surface area contributed by atoms with Gasteiger partial charge in [-0.2, -0.15) is 0 Å². The summed E-state index contributed by atoms with van der Waals surface area (Å²) in [4.78, 5) is 11.4. The second kappa shape index (κ2) is 4.19. The van der Waals surface area contributed by atoms with E-state index in [-0.39, 0.29) is 0 Å². The van der Waals surface area contributed by atoms with E-state index in [2.05, 4.69) is 15.5 Å². The van der Waals surface area contributed by atoms with Crippen molar-refractivity contribution in [1.82, 2.24) is 20.2 Å². The molecular weight excluding hydrogens is 208 g/mol. The number of hydrogen-bond acceptors (Lipinski definition) is 4. The zero-order valence-corrected chi connectivity index (χ0v) is 9.39. The summed E-state index contributed by atoms with van der Waals surface area (Å²) >= 11 is 0. The fourth-order valence-corrected chi connectivity index (χ4v) is 2.35. The van der Waals surface area contributed by atoms with Gasteiger partial charge in [-0.15, -0.1) is 5.10 Å². The minimum atomic E-state index is -0.720. The van der Waals surface area contributed by atoms with Crippen molar-refractivity contribution in [2.24, 2.45) is 5.41 Å². The van der Waals surface area contributed by atoms with Crippen LogP contribution in [0.1, 0.15) is 37.9 Å². The lowest BCUT2D eigenvalue weighted by Gasteiger charge is -2.32. The number of aryl methyl sites for hydroxylation is 1. The lowest BCUT2D eigenvalue weighted by Crippen LogP contribution is -2.38. The summed E-state index contributed by atoms with van der Waals surface area (Å²) in [5.41, 5.74) is -0.668. The van der Waals surface area contributed by atoms with E-state index in [1.807, 2.05) is 0 Å². The average Bonchev–Trinajstić information content (AvgIpc) is 2.65. The Labute approximate surface area is 93.6 Å². The maximum atomic E-state index is 11.4. The predicted molar refractivity (Wildman–Crippen MR) is 55.7 cm³/mol. The van der Waals surface area contributed by atoms with Crippen LogP contribution in [0, 0.1) is 12.3 Å². The van der Waals surface area contributed by atoms with Crippen LogP contribution in [0.4, 0.5) is 0 Å². The first-order valence-electron chi connectivity index (χ1n) is 5.60. The maximum absolute atomic E-state index is 11.4. The van der Waals surface area contributed by atoms with Gasteiger partial charge in [0, 0.05) is 0 Å². The maximum Gasteiger partial charge on any atom is 0.311 e. The predicted octanol–water partition coefficient (Wildman–Crippen LogP) is 1.02. The Morgan fingerprint density at radius 2 is 2.12 bits per heavy atom. The average molecular weight is 224 g/mol. The van der Waals surface area contributed by atoms with Gasteiger partial charge in [0.05, 0.1) is 12.0 Å². The van der Waals surface area contributed by atoms with E-state index in [0.29, 0.717) is 12.4 Å². The van der Waals surface area contributed by atoms with Crippen molar-refractivity contribution < 1.29 is 9.90 Å². The van der Waals surface area contributed by atoms with Gasteiger partial charge >= 0.3 is 5.97 Å². The van der Waals surface area contributed by atoms with E-state index in [9.17, 15) is 9.90 Å². The molecule has 0 spiro atoms. The quantitative estimate of drug-likeness (QED) is 0.828. The molecule has 1 aromatic rings. The fraction of sp³-hybridized carbons (Fsp3) is 0.800. The molecule has 1 saturated carbocycles. The number of aromatic nitrogens is 4. The first kappa shape index (κ1) is 11.0. The highest BCUT2D eigenvalue weighted by molar-refractivity contribution is 5.74. The molecule has 0 bridgehead atoms. The van der Waals surface area contributed by atoms with Crippen LogP contribution in [-0.4, -0.2) is 31.3 Å². The molecule has 88 valence electrons. The summed E-state index contributed by atoms with van der Waals surface area (Å²) in [7, 11) is 0. The second-order valence-corrected chi connectivity index (χ2v) is 4.53. The number of hydrogen-bond donors (Lipinski definition) is 1. The Kier molecular flexibility index (Phi) is 2.89. The van der Waals surface area contributed by atoms with Crippen molar-refractivity contribution in [3.8, 4) is 0 Å². The molecule has 1 aliphatic rings. The van der Waals surface area contributed by atoms with Gasteiger partial charge < -0.3 is 5.11 Å². The van der Waals surface area contributed by atoms with E-state index in [1.54, 1.807) is 11.6 Å². The second-order valence-electron chi connectivity index (χ2n) is 4.53. The molecule has 1 aliphatic carbocycles. The number of carboxylic acids is 1. The smallest absolute Gasteiger partial charge is 0.311 e. The molecule has 0 saturated heterocycles. The van der Waals surface area contributed by atoms with Gasteiger partial charge in [-0.1, -0.05) is 19.3 Å². The summed E-state index contributed by atoms with van der Waals surface area (Å²) in [5, 5.41) is 20.6. The van der Waals surface area contributed by atoms with Crippen LogP contribution in [0.15, 0.2) is 0 Å². The highest BCUT2D eigenvalue weighted by Gasteiger charge is 2.40. The number of carboxylic acid groups (broad SMARTS) is 1. The molecule has 1 heterocycles. The van der Waals surface area contributed by atoms with E-state index >= 15 is 0 Å². The van der Waals surface area contributed by atoms with Crippen molar-refractivity contribution in [2.75, 3.05) is 0 Å². The highest BCUT2D eigenvalue weighted by Crippen LogP contribution is 2.38. The minimum absolute atomic E-state index is 0.390. The molecule has 0 unspecified atom stereocenters. The van der Waals surface area contributed by atoms with Crippen LogP contribution >= 0.6 is 0 Å². The van der Waals surface area contributed by atoms with Crippen molar-refractivity contribution in [2.45, 2.75) is 45.6 Å². The molecular formula is C10H16N4O2. The molecule has 0 radical (unpaired) electrons. The van der Waals surface area contributed by atoms with Gasteiger partial charge in [0.25, 0.3) is 0 Å². The fourth-order valence-electron chi connectivity index (χ4n) is 2.35. The van der Waals surface area contributed by atoms with Gasteiger partial charge in [0.15, 0.2) is 0 Å². The molecule has 2 rings (SSSR count). The number of rotatable bonds is 3. The molecule has 1 N–H and O–H groups in total. The van der Waals surface area contributed by atoms with Crippen molar-refractivity contribution in [3.63, 3.8) is 0 Å². The Morgan fingerprint density at radius 1 is 1.44 bits per heavy atom. The molecule has 6 nitrogen and oxygen atoms in total. The SMILES string of the molecule is Cc1nnnn1CC1(C(=O)O)CCCCC1. The lowest BCUT2D eigenvalue weighted by molar-refractivity contribution is -0.152. The van der Waals surface area contributed by atoms with E-state index in [1.165, 1.54) is 0 Å². The molecule has 16 heavy (non-hydrogen) atoms. The topological polar surface area (TPSA) is 80.9 Å². The third-order valence-electron chi connectivity index (χ3n) is 3.43. The molecule has 0 aromatic carbocycles. The normalized spacial score (nSPS) is 19.6. The van der Waals surface area contributed by atoms with Crippen LogP contribution < -0.4 is 0 Å². The van der Waals surface area contributed by atoms with Crippen molar-refractivity contribution >= 4 is 5.97 Å². The van der Waals surface area contributed by atoms with Gasteiger partial charge in [-0.25, -0.2) is 4.68 Å². The van der Waals surface area contributed by atoms with Crippen LogP contribution in [0.25, 0.3) is 0 Å². The number of aliphatic carboxylic acids is 1. The highest BCUT2D eigenvalue weighted by atomic mass is 16.4. The summed E-state index contributed by atoms with van der Waals surface area (Å²) in [6.07, 6.45) is 4.54. The summed E-state index contributed by atoms with van der Waals surface area (Å²) < 4.78 is 1.60. The Morgan fingerprint density at radius 3 is 2.62 bits per heavy atom. The molecule has 0 atom stereocenters. The van der Waals surface area contributed by atoms with E-state index < -0.39 is 11.4 Å². The lowest BCUT2D eigenvalue weighted by atomic mass is 9.74. The molecule has 0 amide bonds. The Balaban J connectivity index is 2.20. The Hall–Kier alpha value is -1.46. The zero-order chi connectivity index (χ0) is 11.6. The Bertz CT molecular complexity index is 382. The summed E-state index contributed by atoms with van der Waals surface area (Å²) in [5.74, 6) is -0.0479. The molecule has 1 fully saturated rings. The van der Waals surface area contributed by atoms with Crippen molar-refractivity contribution in [3.05, 3.63) is 5.82 Å². The first-order chi connectivity index (χ1) is 7.64. The van der Waals surface area contributed by atoms with Gasteiger partial charge in [-0.3, -0.25) is 4.79 Å². The van der Waals surface area contributed by atoms with E-state index in [0.717, 1.165) is 32.1 Å². The number of tetrazole rings is 1. The van der Waals surface area contributed by atoms with Gasteiger partial charge in [0.2, 0.25) is 0 Å². The zero-order valence-electron chi connectivity index (χ0n) is 9.39. The van der Waals surface area contributed by atoms with Crippen LogP contribution in [-0.2, 0) is 11.3 Å². The van der Waals surface area contributed by atoms with Crippen LogP contribution in [0.3, 0.4) is 0 Å². The third-order valence-corrected chi connectivity index (χ3v) is 3.43. The molecule has 1 aromatic heterocycles. The standard InChI is InChI=1S/C10H16N4O2/c1-8-11-12-13-14(8)7-10(9(15)16)5-3-2-4-6-10/h2-7H2,1H3,(H,15,16). The summed E-state index contributed by atoms with van der Waals surface area (Å²) in [6.45, 7) is 2.18. The van der Waals surface area contributed by atoms with Crippen LogP contribution in [0.2, 0.25) is 0 Å². The first-order valence-corrected chi connectivity index (χ1v) is 5.60. The molecule has 6 heteroatoms.